The van der Waals surface area contributed by atoms with E-state index >= 15 is 0 Å². The molecule has 1 aliphatic rings. The average molecular weight is 201 g/mol. The van der Waals surface area contributed by atoms with Gasteiger partial charge >= 0.3 is 5.97 Å². The molecule has 1 aliphatic heterocycles. The molecule has 0 aromatic heterocycles. The SMILES string of the molecule is C=CC(=O)OCC1CO1.C=CCON. The van der Waals surface area contributed by atoms with Crippen LogP contribution in [0, 0.1) is 0 Å². The van der Waals surface area contributed by atoms with Crippen molar-refractivity contribution in [1.29, 1.82) is 0 Å². The lowest BCUT2D eigenvalue weighted by Crippen LogP contribution is -2.06. The van der Waals surface area contributed by atoms with Crippen LogP contribution in [0.1, 0.15) is 0 Å². The fraction of sp³-hybridized carbons (Fsp3) is 0.444. The van der Waals surface area contributed by atoms with Gasteiger partial charge in [-0.15, -0.1) is 6.58 Å². The van der Waals surface area contributed by atoms with Gasteiger partial charge in [0.15, 0.2) is 0 Å². The second kappa shape index (κ2) is 8.43. The second-order valence-electron chi connectivity index (χ2n) is 2.41. The Hall–Kier alpha value is -1.17. The fourth-order valence-electron chi connectivity index (χ4n) is 0.466. The summed E-state index contributed by atoms with van der Waals surface area (Å²) in [5.74, 6) is 4.18. The third-order valence-electron chi connectivity index (χ3n) is 1.19. The Bertz CT molecular complexity index is 189. The van der Waals surface area contributed by atoms with Crippen LogP contribution in [-0.4, -0.2) is 31.9 Å². The summed E-state index contributed by atoms with van der Waals surface area (Å²) in [6, 6.07) is 0. The van der Waals surface area contributed by atoms with E-state index in [1.807, 2.05) is 0 Å². The van der Waals surface area contributed by atoms with Gasteiger partial charge < -0.3 is 14.3 Å². The van der Waals surface area contributed by atoms with Gasteiger partial charge in [-0.05, 0) is 0 Å². The lowest BCUT2D eigenvalue weighted by Gasteiger charge is -1.94. The predicted molar refractivity (Wildman–Crippen MR) is 51.2 cm³/mol. The Morgan fingerprint density at radius 3 is 2.57 bits per heavy atom. The molecule has 1 atom stereocenters. The highest BCUT2D eigenvalue weighted by atomic mass is 16.6. The monoisotopic (exact) mass is 201 g/mol. The number of epoxide rings is 1. The van der Waals surface area contributed by atoms with Gasteiger partial charge in [-0.1, -0.05) is 12.7 Å². The van der Waals surface area contributed by atoms with Gasteiger partial charge in [0, 0.05) is 6.08 Å². The largest absolute Gasteiger partial charge is 0.460 e. The quantitative estimate of drug-likeness (QED) is 0.226. The number of rotatable bonds is 5. The summed E-state index contributed by atoms with van der Waals surface area (Å²) < 4.78 is 9.42. The molecule has 1 saturated heterocycles. The van der Waals surface area contributed by atoms with Crippen molar-refractivity contribution >= 4 is 5.97 Å². The zero-order valence-corrected chi connectivity index (χ0v) is 7.98. The standard InChI is InChI=1S/C6H8O3.C3H7NO/c1-2-6(7)9-4-5-3-8-5;1-2-3-5-4/h2,5H,1,3-4H2;2H,1,3-4H2. The second-order valence-corrected chi connectivity index (χ2v) is 2.41. The van der Waals surface area contributed by atoms with Gasteiger partial charge in [0.1, 0.15) is 12.7 Å². The van der Waals surface area contributed by atoms with Gasteiger partial charge in [0.25, 0.3) is 0 Å². The smallest absolute Gasteiger partial charge is 0.330 e. The first-order chi connectivity index (χ1) is 6.74. The van der Waals surface area contributed by atoms with Crippen molar-refractivity contribution in [2.24, 2.45) is 5.90 Å². The summed E-state index contributed by atoms with van der Waals surface area (Å²) in [6.07, 6.45) is 2.87. The molecular weight excluding hydrogens is 186 g/mol. The van der Waals surface area contributed by atoms with Crippen LogP contribution >= 0.6 is 0 Å². The van der Waals surface area contributed by atoms with E-state index in [1.54, 1.807) is 6.08 Å². The minimum atomic E-state index is -0.384. The van der Waals surface area contributed by atoms with Crippen molar-refractivity contribution in [2.75, 3.05) is 19.8 Å². The molecule has 0 saturated carbocycles. The predicted octanol–water partition coefficient (Wildman–Crippen LogP) is 0.177. The molecule has 14 heavy (non-hydrogen) atoms. The van der Waals surface area contributed by atoms with Crippen LogP contribution in [0.15, 0.2) is 25.3 Å². The van der Waals surface area contributed by atoms with Crippen molar-refractivity contribution in [3.63, 3.8) is 0 Å². The van der Waals surface area contributed by atoms with Crippen molar-refractivity contribution in [3.8, 4) is 0 Å². The Morgan fingerprint density at radius 1 is 1.64 bits per heavy atom. The molecule has 0 radical (unpaired) electrons. The molecule has 80 valence electrons. The van der Waals surface area contributed by atoms with Crippen LogP contribution < -0.4 is 5.90 Å². The molecule has 1 rings (SSSR count). The number of esters is 1. The average Bonchev–Trinajstić information content (AvgIpc) is 3.00. The van der Waals surface area contributed by atoms with Gasteiger partial charge in [-0.25, -0.2) is 10.7 Å². The molecule has 0 bridgehead atoms. The maximum atomic E-state index is 10.3. The highest BCUT2D eigenvalue weighted by Crippen LogP contribution is 2.08. The van der Waals surface area contributed by atoms with Crippen LogP contribution in [0.5, 0.6) is 0 Å². The molecular formula is C9H15NO4. The normalized spacial score (nSPS) is 17.4. The number of carbonyl (C=O) groups excluding carboxylic acids is 1. The molecule has 5 heteroatoms. The van der Waals surface area contributed by atoms with E-state index in [9.17, 15) is 4.79 Å². The maximum Gasteiger partial charge on any atom is 0.330 e. The van der Waals surface area contributed by atoms with Crippen LogP contribution in [-0.2, 0) is 19.1 Å². The van der Waals surface area contributed by atoms with Crippen LogP contribution in [0.25, 0.3) is 0 Å². The molecule has 0 spiro atoms. The van der Waals surface area contributed by atoms with E-state index in [-0.39, 0.29) is 12.1 Å². The zero-order valence-electron chi connectivity index (χ0n) is 7.98. The summed E-state index contributed by atoms with van der Waals surface area (Å²) in [6.45, 7) is 8.10. The third-order valence-corrected chi connectivity index (χ3v) is 1.19. The van der Waals surface area contributed by atoms with Crippen molar-refractivity contribution in [2.45, 2.75) is 6.10 Å². The van der Waals surface area contributed by atoms with E-state index in [4.69, 9.17) is 4.74 Å². The molecule has 0 aromatic carbocycles. The summed E-state index contributed by atoms with van der Waals surface area (Å²) >= 11 is 0. The number of ether oxygens (including phenoxy) is 2. The molecule has 1 heterocycles. The molecule has 1 fully saturated rings. The number of hydrogen-bond donors (Lipinski definition) is 1. The van der Waals surface area contributed by atoms with Crippen LogP contribution in [0.2, 0.25) is 0 Å². The Kier molecular flexibility index (Phi) is 7.72. The summed E-state index contributed by atoms with van der Waals surface area (Å²) in [5, 5.41) is 0. The van der Waals surface area contributed by atoms with E-state index in [1.165, 1.54) is 0 Å². The minimum absolute atomic E-state index is 0.147. The first-order valence-electron chi connectivity index (χ1n) is 4.08. The topological polar surface area (TPSA) is 74.1 Å². The molecule has 0 aromatic rings. The Morgan fingerprint density at radius 2 is 2.29 bits per heavy atom. The zero-order chi connectivity index (χ0) is 10.8. The van der Waals surface area contributed by atoms with Gasteiger partial charge in [-0.3, -0.25) is 0 Å². The lowest BCUT2D eigenvalue weighted by molar-refractivity contribution is -0.138. The number of nitrogens with two attached hydrogens (primary N) is 1. The third kappa shape index (κ3) is 8.92. The molecule has 0 amide bonds. The minimum Gasteiger partial charge on any atom is -0.460 e. The molecule has 5 nitrogen and oxygen atoms in total. The van der Waals surface area contributed by atoms with Gasteiger partial charge in [-0.2, -0.15) is 0 Å². The molecule has 0 aliphatic carbocycles. The number of hydrogen-bond acceptors (Lipinski definition) is 5. The maximum absolute atomic E-state index is 10.3. The van der Waals surface area contributed by atoms with Gasteiger partial charge in [0.2, 0.25) is 0 Å². The molecule has 2 N–H and O–H groups in total. The molecule has 1 unspecified atom stereocenters. The Labute approximate surface area is 83.1 Å². The van der Waals surface area contributed by atoms with Crippen LogP contribution in [0.3, 0.4) is 0 Å². The Balaban J connectivity index is 0.000000292. The van der Waals surface area contributed by atoms with E-state index in [0.29, 0.717) is 19.8 Å². The van der Waals surface area contributed by atoms with E-state index < -0.39 is 0 Å². The van der Waals surface area contributed by atoms with Gasteiger partial charge in [0.05, 0.1) is 13.2 Å². The summed E-state index contributed by atoms with van der Waals surface area (Å²) in [5.41, 5.74) is 0. The highest BCUT2D eigenvalue weighted by Gasteiger charge is 2.23. The number of carbonyl (C=O) groups is 1. The first-order valence-corrected chi connectivity index (χ1v) is 4.08. The summed E-state index contributed by atoms with van der Waals surface area (Å²) in [7, 11) is 0. The lowest BCUT2D eigenvalue weighted by atomic mass is 10.5. The van der Waals surface area contributed by atoms with E-state index in [0.717, 1.165) is 6.08 Å². The van der Waals surface area contributed by atoms with E-state index in [2.05, 4.69) is 28.6 Å². The fourth-order valence-corrected chi connectivity index (χ4v) is 0.466. The van der Waals surface area contributed by atoms with Crippen LogP contribution in [0.4, 0.5) is 0 Å². The highest BCUT2D eigenvalue weighted by molar-refractivity contribution is 5.81. The van der Waals surface area contributed by atoms with Crippen molar-refractivity contribution < 1.29 is 19.1 Å². The summed E-state index contributed by atoms with van der Waals surface area (Å²) in [4.78, 5) is 14.4. The first kappa shape index (κ1) is 12.8. The van der Waals surface area contributed by atoms with Crippen molar-refractivity contribution in [3.05, 3.63) is 25.3 Å². The van der Waals surface area contributed by atoms with Crippen molar-refractivity contribution in [1.82, 2.24) is 0 Å².